The van der Waals surface area contributed by atoms with Crippen molar-refractivity contribution in [3.05, 3.63) is 59.7 Å². The van der Waals surface area contributed by atoms with Crippen molar-refractivity contribution >= 4 is 34.1 Å². The van der Waals surface area contributed by atoms with Crippen LogP contribution in [-0.2, 0) is 12.8 Å². The molecule has 0 amide bonds. The minimum atomic E-state index is 0.782. The lowest BCUT2D eigenvalue weighted by Gasteiger charge is -2.20. The van der Waals surface area contributed by atoms with E-state index < -0.39 is 0 Å². The van der Waals surface area contributed by atoms with E-state index in [1.807, 2.05) is 24.3 Å². The maximum atomic E-state index is 5.98. The van der Waals surface area contributed by atoms with Crippen molar-refractivity contribution in [3.63, 3.8) is 0 Å². The quantitative estimate of drug-likeness (QED) is 0.381. The zero-order valence-corrected chi connectivity index (χ0v) is 17.8. The average Bonchev–Trinajstić information content (AvgIpc) is 3.26. The summed E-state index contributed by atoms with van der Waals surface area (Å²) in [6.45, 7) is 0. The van der Waals surface area contributed by atoms with Gasteiger partial charge < -0.3 is 11.5 Å². The van der Waals surface area contributed by atoms with Crippen LogP contribution in [0.2, 0.25) is 0 Å². The number of nitrogen functional groups attached to an aromatic ring is 2. The molecule has 1 heterocycles. The van der Waals surface area contributed by atoms with Crippen molar-refractivity contribution in [2.24, 2.45) is 0 Å². The first-order valence-electron chi connectivity index (χ1n) is 10.7. The van der Waals surface area contributed by atoms with Crippen LogP contribution in [0.5, 0.6) is 0 Å². The molecular weight excluding hydrogens is 388 g/mol. The van der Waals surface area contributed by atoms with Gasteiger partial charge in [-0.3, -0.25) is 0 Å². The van der Waals surface area contributed by atoms with Gasteiger partial charge in [-0.15, -0.1) is 0 Å². The highest BCUT2D eigenvalue weighted by atomic mass is 32.1. The lowest BCUT2D eigenvalue weighted by molar-refractivity contribution is 0.629. The van der Waals surface area contributed by atoms with E-state index in [4.69, 9.17) is 20.2 Å². The molecule has 5 heteroatoms. The Kier molecular flexibility index (Phi) is 5.13. The van der Waals surface area contributed by atoms with Crippen molar-refractivity contribution in [2.45, 2.75) is 44.9 Å². The molecule has 1 aromatic heterocycles. The van der Waals surface area contributed by atoms with Gasteiger partial charge in [-0.2, -0.15) is 8.75 Å². The van der Waals surface area contributed by atoms with E-state index in [1.165, 1.54) is 77.2 Å². The number of aromatic nitrogens is 2. The highest BCUT2D eigenvalue weighted by Gasteiger charge is 2.24. The number of hydrogen-bond donors (Lipinski definition) is 2. The molecule has 0 atom stereocenters. The highest BCUT2D eigenvalue weighted by Crippen LogP contribution is 2.43. The number of nitrogens with two attached hydrogens (primary N) is 2. The molecule has 30 heavy (non-hydrogen) atoms. The van der Waals surface area contributed by atoms with Gasteiger partial charge in [-0.25, -0.2) is 0 Å². The maximum absolute atomic E-state index is 5.98. The summed E-state index contributed by atoms with van der Waals surface area (Å²) in [6.07, 6.45) is 8.44. The molecule has 4 aromatic rings. The number of hydrogen-bond acceptors (Lipinski definition) is 5. The van der Waals surface area contributed by atoms with Crippen LogP contribution in [0.25, 0.3) is 33.3 Å². The number of rotatable bonds is 2. The normalized spacial score (nSPS) is 14.7. The van der Waals surface area contributed by atoms with Crippen LogP contribution in [0.4, 0.5) is 11.4 Å². The van der Waals surface area contributed by atoms with Crippen molar-refractivity contribution in [2.75, 3.05) is 11.5 Å². The second-order valence-corrected chi connectivity index (χ2v) is 8.71. The first kappa shape index (κ1) is 19.1. The van der Waals surface area contributed by atoms with Gasteiger partial charge in [-0.1, -0.05) is 43.5 Å². The topological polar surface area (TPSA) is 77.8 Å². The summed E-state index contributed by atoms with van der Waals surface area (Å²) in [4.78, 5) is 0. The monoisotopic (exact) mass is 414 g/mol. The molecule has 1 aliphatic carbocycles. The number of benzene rings is 3. The van der Waals surface area contributed by atoms with E-state index >= 15 is 0 Å². The Balaban J connectivity index is 1.84. The average molecular weight is 415 g/mol. The van der Waals surface area contributed by atoms with Gasteiger partial charge in [-0.05, 0) is 72.2 Å². The van der Waals surface area contributed by atoms with E-state index in [-0.39, 0.29) is 0 Å². The Morgan fingerprint density at radius 2 is 0.967 bits per heavy atom. The lowest BCUT2D eigenvalue weighted by Crippen LogP contribution is -2.03. The van der Waals surface area contributed by atoms with E-state index in [0.29, 0.717) is 0 Å². The van der Waals surface area contributed by atoms with Gasteiger partial charge >= 0.3 is 0 Å². The summed E-state index contributed by atoms with van der Waals surface area (Å²) in [5.41, 5.74) is 23.3. The Hall–Kier alpha value is -2.92. The van der Waals surface area contributed by atoms with Crippen molar-refractivity contribution in [1.29, 1.82) is 0 Å². The smallest absolute Gasteiger partial charge is 0.113 e. The summed E-state index contributed by atoms with van der Waals surface area (Å²) in [6, 6.07) is 16.4. The fraction of sp³-hybridized carbons (Fsp3) is 0.280. The first-order chi connectivity index (χ1) is 14.7. The molecule has 4 nitrogen and oxygen atoms in total. The van der Waals surface area contributed by atoms with Crippen LogP contribution in [0.15, 0.2) is 48.5 Å². The third kappa shape index (κ3) is 3.43. The first-order valence-corrected chi connectivity index (χ1v) is 11.5. The van der Waals surface area contributed by atoms with E-state index in [2.05, 4.69) is 24.3 Å². The fourth-order valence-electron chi connectivity index (χ4n) is 4.71. The molecule has 0 aliphatic heterocycles. The highest BCUT2D eigenvalue weighted by molar-refractivity contribution is 7.00. The van der Waals surface area contributed by atoms with Crippen LogP contribution in [-0.4, -0.2) is 8.75 Å². The van der Waals surface area contributed by atoms with Gasteiger partial charge in [0.2, 0.25) is 0 Å². The summed E-state index contributed by atoms with van der Waals surface area (Å²) in [5, 5.41) is 0. The molecule has 3 aromatic carbocycles. The van der Waals surface area contributed by atoms with E-state index in [1.54, 1.807) is 0 Å². The maximum Gasteiger partial charge on any atom is 0.113 e. The van der Waals surface area contributed by atoms with Crippen LogP contribution in [0.3, 0.4) is 0 Å². The molecule has 0 radical (unpaired) electrons. The van der Waals surface area contributed by atoms with Gasteiger partial charge in [0.1, 0.15) is 11.0 Å². The second-order valence-electron chi connectivity index (χ2n) is 8.18. The van der Waals surface area contributed by atoms with Crippen molar-refractivity contribution in [1.82, 2.24) is 8.75 Å². The van der Waals surface area contributed by atoms with Crippen molar-refractivity contribution < 1.29 is 0 Å². The van der Waals surface area contributed by atoms with Gasteiger partial charge in [0.25, 0.3) is 0 Å². The second kappa shape index (κ2) is 8.07. The summed E-state index contributed by atoms with van der Waals surface area (Å²) >= 11 is 1.30. The third-order valence-electron chi connectivity index (χ3n) is 6.18. The summed E-state index contributed by atoms with van der Waals surface area (Å²) < 4.78 is 9.56. The van der Waals surface area contributed by atoms with E-state index in [0.717, 1.165) is 35.2 Å². The number of fused-ring (bicyclic) bond motifs is 2. The Bertz CT molecular complexity index is 1090. The Morgan fingerprint density at radius 1 is 0.567 bits per heavy atom. The SMILES string of the molecule is Nc1ccc(-c2c3c(c(-c4ccc(N)cc4)c4nsnc24)CCCCCCC3)cc1. The zero-order chi connectivity index (χ0) is 20.5. The molecular formula is C25H26N4S. The zero-order valence-electron chi connectivity index (χ0n) is 17.0. The van der Waals surface area contributed by atoms with Crippen LogP contribution in [0, 0.1) is 0 Å². The number of nitrogens with zero attached hydrogens (tertiary/aromatic N) is 2. The minimum Gasteiger partial charge on any atom is -0.399 e. The van der Waals surface area contributed by atoms with Gasteiger partial charge in [0, 0.05) is 22.5 Å². The summed E-state index contributed by atoms with van der Waals surface area (Å²) in [7, 11) is 0. The molecule has 0 saturated heterocycles. The fourth-order valence-corrected chi connectivity index (χ4v) is 5.27. The number of anilines is 2. The minimum absolute atomic E-state index is 0.782. The van der Waals surface area contributed by atoms with Crippen molar-refractivity contribution in [3.8, 4) is 22.3 Å². The Labute approximate surface area is 181 Å². The predicted octanol–water partition coefficient (Wildman–Crippen LogP) is 6.24. The third-order valence-corrected chi connectivity index (χ3v) is 6.71. The molecule has 0 spiro atoms. The molecule has 0 unspecified atom stereocenters. The predicted molar refractivity (Wildman–Crippen MR) is 128 cm³/mol. The molecule has 0 fully saturated rings. The molecule has 0 bridgehead atoms. The van der Waals surface area contributed by atoms with Gasteiger partial charge in [0.15, 0.2) is 0 Å². The van der Waals surface area contributed by atoms with Crippen LogP contribution >= 0.6 is 11.7 Å². The standard InChI is InChI=1S/C25H26N4S/c26-18-12-8-16(9-13-18)22-20-6-4-2-1-3-5-7-21(20)23(25-24(22)28-30-29-25)17-10-14-19(27)15-11-17/h8-15H,1-7,26-27H2. The molecule has 152 valence electrons. The Morgan fingerprint density at radius 3 is 1.40 bits per heavy atom. The van der Waals surface area contributed by atoms with E-state index in [9.17, 15) is 0 Å². The molecule has 1 aliphatic rings. The molecule has 0 saturated carbocycles. The largest absolute Gasteiger partial charge is 0.399 e. The molecule has 4 N–H and O–H groups in total. The molecule has 5 rings (SSSR count). The van der Waals surface area contributed by atoms with Gasteiger partial charge in [0.05, 0.1) is 11.7 Å². The van der Waals surface area contributed by atoms with Crippen LogP contribution in [0.1, 0.15) is 43.2 Å². The lowest BCUT2D eigenvalue weighted by atomic mass is 9.84. The summed E-state index contributed by atoms with van der Waals surface area (Å²) in [5.74, 6) is 0. The van der Waals surface area contributed by atoms with Crippen LogP contribution < -0.4 is 11.5 Å².